The van der Waals surface area contributed by atoms with Gasteiger partial charge in [0.25, 0.3) is 0 Å². The zero-order valence-electron chi connectivity index (χ0n) is 9.96. The second-order valence-electron chi connectivity index (χ2n) is 4.94. The lowest BCUT2D eigenvalue weighted by Crippen LogP contribution is -2.21. The predicted octanol–water partition coefficient (Wildman–Crippen LogP) is 4.56. The van der Waals surface area contributed by atoms with E-state index in [0.717, 1.165) is 10.0 Å². The van der Waals surface area contributed by atoms with E-state index < -0.39 is 0 Å². The second kappa shape index (κ2) is 5.96. The highest BCUT2D eigenvalue weighted by Crippen LogP contribution is 2.34. The highest BCUT2D eigenvalue weighted by atomic mass is 79.9. The molecule has 3 heteroatoms. The zero-order valence-corrected chi connectivity index (χ0v) is 11.5. The van der Waals surface area contributed by atoms with Crippen LogP contribution in [-0.4, -0.2) is 0 Å². The van der Waals surface area contributed by atoms with Gasteiger partial charge in [0, 0.05) is 10.5 Å². The minimum atomic E-state index is -0.214. The summed E-state index contributed by atoms with van der Waals surface area (Å²) in [6.45, 7) is 0. The molecule has 0 amide bonds. The summed E-state index contributed by atoms with van der Waals surface area (Å²) in [5.41, 5.74) is 7.38. The molecular weight excluding hydrogens is 281 g/mol. The molecule has 1 aromatic carbocycles. The van der Waals surface area contributed by atoms with E-state index in [4.69, 9.17) is 5.73 Å². The van der Waals surface area contributed by atoms with Gasteiger partial charge in [-0.3, -0.25) is 0 Å². The van der Waals surface area contributed by atoms with Crippen molar-refractivity contribution in [1.29, 1.82) is 0 Å². The van der Waals surface area contributed by atoms with E-state index in [1.807, 2.05) is 6.07 Å². The molecule has 0 saturated heterocycles. The van der Waals surface area contributed by atoms with Crippen LogP contribution in [-0.2, 0) is 0 Å². The molecule has 94 valence electrons. The molecule has 1 unspecified atom stereocenters. The molecule has 17 heavy (non-hydrogen) atoms. The van der Waals surface area contributed by atoms with Gasteiger partial charge in [-0.1, -0.05) is 47.7 Å². The number of rotatable bonds is 2. The van der Waals surface area contributed by atoms with Crippen LogP contribution in [0.15, 0.2) is 22.7 Å². The van der Waals surface area contributed by atoms with Gasteiger partial charge in [0.15, 0.2) is 0 Å². The molecule has 2 N–H and O–H groups in total. The van der Waals surface area contributed by atoms with Crippen LogP contribution in [0.25, 0.3) is 0 Å². The number of halogens is 2. The molecule has 1 aliphatic rings. The van der Waals surface area contributed by atoms with Crippen molar-refractivity contribution in [3.05, 3.63) is 34.1 Å². The first-order valence-corrected chi connectivity index (χ1v) is 7.18. The van der Waals surface area contributed by atoms with Crippen molar-refractivity contribution < 1.29 is 4.39 Å². The predicted molar refractivity (Wildman–Crippen MR) is 72.2 cm³/mol. The quantitative estimate of drug-likeness (QED) is 0.796. The van der Waals surface area contributed by atoms with Crippen molar-refractivity contribution in [3.8, 4) is 0 Å². The maximum atomic E-state index is 13.0. The van der Waals surface area contributed by atoms with Crippen molar-refractivity contribution in [3.63, 3.8) is 0 Å². The molecule has 1 atom stereocenters. The number of hydrogen-bond donors (Lipinski definition) is 1. The third-order valence-electron chi connectivity index (χ3n) is 3.73. The highest BCUT2D eigenvalue weighted by Gasteiger charge is 2.22. The van der Waals surface area contributed by atoms with E-state index in [-0.39, 0.29) is 11.9 Å². The first kappa shape index (κ1) is 13.0. The third-order valence-corrected chi connectivity index (χ3v) is 4.42. The molecule has 1 nitrogen and oxygen atoms in total. The Morgan fingerprint density at radius 1 is 1.18 bits per heavy atom. The van der Waals surface area contributed by atoms with E-state index in [1.165, 1.54) is 50.7 Å². The Balaban J connectivity index is 2.14. The normalized spacial score (nSPS) is 19.9. The minimum Gasteiger partial charge on any atom is -0.324 e. The number of hydrogen-bond acceptors (Lipinski definition) is 1. The Bertz CT molecular complexity index is 372. The van der Waals surface area contributed by atoms with Crippen LogP contribution in [0.4, 0.5) is 4.39 Å². The maximum Gasteiger partial charge on any atom is 0.124 e. The zero-order chi connectivity index (χ0) is 12.3. The summed E-state index contributed by atoms with van der Waals surface area (Å²) in [6, 6.07) is 4.85. The van der Waals surface area contributed by atoms with Crippen molar-refractivity contribution in [2.24, 2.45) is 11.7 Å². The average molecular weight is 300 g/mol. The lowest BCUT2D eigenvalue weighted by molar-refractivity contribution is 0.381. The van der Waals surface area contributed by atoms with E-state index in [0.29, 0.717) is 5.92 Å². The molecule has 1 aliphatic carbocycles. The van der Waals surface area contributed by atoms with Gasteiger partial charge in [-0.05, 0) is 36.5 Å². The van der Waals surface area contributed by atoms with Gasteiger partial charge in [-0.15, -0.1) is 0 Å². The van der Waals surface area contributed by atoms with Crippen molar-refractivity contribution >= 4 is 15.9 Å². The number of nitrogens with two attached hydrogens (primary N) is 1. The second-order valence-corrected chi connectivity index (χ2v) is 5.80. The fourth-order valence-electron chi connectivity index (χ4n) is 2.70. The standard InChI is InChI=1S/C14H19BrFN/c15-13-9-11(16)7-8-12(13)14(17)10-5-3-1-2-4-6-10/h7-10,14H,1-6,17H2. The molecule has 1 saturated carbocycles. The number of benzene rings is 1. The Kier molecular flexibility index (Phi) is 4.57. The smallest absolute Gasteiger partial charge is 0.124 e. The summed E-state index contributed by atoms with van der Waals surface area (Å²) in [6.07, 6.45) is 7.60. The van der Waals surface area contributed by atoms with Crippen molar-refractivity contribution in [1.82, 2.24) is 0 Å². The van der Waals surface area contributed by atoms with Gasteiger partial charge in [-0.2, -0.15) is 0 Å². The summed E-state index contributed by atoms with van der Waals surface area (Å²) >= 11 is 3.41. The fraction of sp³-hybridized carbons (Fsp3) is 0.571. The first-order chi connectivity index (χ1) is 8.18. The highest BCUT2D eigenvalue weighted by molar-refractivity contribution is 9.10. The summed E-state index contributed by atoms with van der Waals surface area (Å²) in [4.78, 5) is 0. The molecule has 0 aliphatic heterocycles. The molecule has 1 aromatic rings. The lowest BCUT2D eigenvalue weighted by atomic mass is 9.88. The van der Waals surface area contributed by atoms with Gasteiger partial charge in [0.1, 0.15) is 5.82 Å². The molecule has 0 radical (unpaired) electrons. The van der Waals surface area contributed by atoms with E-state index in [1.54, 1.807) is 0 Å². The van der Waals surface area contributed by atoms with Crippen LogP contribution in [0, 0.1) is 11.7 Å². The Morgan fingerprint density at radius 2 is 1.82 bits per heavy atom. The van der Waals surface area contributed by atoms with Crippen LogP contribution in [0.3, 0.4) is 0 Å². The monoisotopic (exact) mass is 299 g/mol. The van der Waals surface area contributed by atoms with Gasteiger partial charge in [0.2, 0.25) is 0 Å². The van der Waals surface area contributed by atoms with Crippen LogP contribution in [0.1, 0.15) is 50.1 Å². The summed E-state index contributed by atoms with van der Waals surface area (Å²) in [7, 11) is 0. The largest absolute Gasteiger partial charge is 0.324 e. The van der Waals surface area contributed by atoms with E-state index in [2.05, 4.69) is 15.9 Å². The SMILES string of the molecule is NC(c1ccc(F)cc1Br)C1CCCCCC1. The topological polar surface area (TPSA) is 26.0 Å². The summed E-state index contributed by atoms with van der Waals surface area (Å²) in [5, 5.41) is 0. The Morgan fingerprint density at radius 3 is 2.41 bits per heavy atom. The molecule has 1 fully saturated rings. The van der Waals surface area contributed by atoms with Crippen molar-refractivity contribution in [2.75, 3.05) is 0 Å². The first-order valence-electron chi connectivity index (χ1n) is 6.39. The van der Waals surface area contributed by atoms with Gasteiger partial charge >= 0.3 is 0 Å². The summed E-state index contributed by atoms with van der Waals surface area (Å²) < 4.78 is 13.8. The Labute approximate surface area is 111 Å². The van der Waals surface area contributed by atoms with Crippen LogP contribution >= 0.6 is 15.9 Å². The Hall–Kier alpha value is -0.410. The van der Waals surface area contributed by atoms with Gasteiger partial charge in [0.05, 0.1) is 0 Å². The fourth-order valence-corrected chi connectivity index (χ4v) is 3.31. The van der Waals surface area contributed by atoms with Gasteiger partial charge in [-0.25, -0.2) is 4.39 Å². The maximum absolute atomic E-state index is 13.0. The molecule has 0 heterocycles. The van der Waals surface area contributed by atoms with E-state index >= 15 is 0 Å². The molecule has 0 bridgehead atoms. The van der Waals surface area contributed by atoms with Gasteiger partial charge < -0.3 is 5.73 Å². The van der Waals surface area contributed by atoms with Crippen LogP contribution in [0.5, 0.6) is 0 Å². The minimum absolute atomic E-state index is 0.0306. The third kappa shape index (κ3) is 3.29. The molecule has 0 spiro atoms. The van der Waals surface area contributed by atoms with E-state index in [9.17, 15) is 4.39 Å². The van der Waals surface area contributed by atoms with Crippen molar-refractivity contribution in [2.45, 2.75) is 44.6 Å². The lowest BCUT2D eigenvalue weighted by Gasteiger charge is -2.23. The average Bonchev–Trinajstić information content (AvgIpc) is 2.56. The van der Waals surface area contributed by atoms with Crippen LogP contribution < -0.4 is 5.73 Å². The molecular formula is C14H19BrFN. The summed E-state index contributed by atoms with van der Waals surface area (Å²) in [5.74, 6) is 0.327. The molecule has 0 aromatic heterocycles. The molecule has 2 rings (SSSR count). The van der Waals surface area contributed by atoms with Crippen LogP contribution in [0.2, 0.25) is 0 Å².